The molecule has 7 heteroatoms. The van der Waals surface area contributed by atoms with Crippen LogP contribution in [0.15, 0.2) is 42.5 Å². The molecule has 1 heterocycles. The number of benzene rings is 2. The van der Waals surface area contributed by atoms with Gasteiger partial charge in [-0.1, -0.05) is 11.3 Å². The van der Waals surface area contributed by atoms with Gasteiger partial charge in [-0.15, -0.1) is 0 Å². The summed E-state index contributed by atoms with van der Waals surface area (Å²) in [5.41, 5.74) is 1.92. The molecule has 0 saturated heterocycles. The Morgan fingerprint density at radius 1 is 1.25 bits per heavy atom. The van der Waals surface area contributed by atoms with E-state index in [0.717, 1.165) is 22.5 Å². The lowest BCUT2D eigenvalue weighted by Crippen LogP contribution is -3.06. The van der Waals surface area contributed by atoms with E-state index in [2.05, 4.69) is 25.1 Å². The van der Waals surface area contributed by atoms with Crippen LogP contribution in [0.3, 0.4) is 0 Å². The van der Waals surface area contributed by atoms with Gasteiger partial charge in [0.1, 0.15) is 5.75 Å². The zero-order chi connectivity index (χ0) is 20.1. The van der Waals surface area contributed by atoms with Crippen LogP contribution in [0.5, 0.6) is 5.75 Å². The fraction of sp³-hybridized carbons (Fsp3) is 0.286. The maximum Gasteiger partial charge on any atom is 0.260 e. The quantitative estimate of drug-likeness (QED) is 0.667. The Labute approximate surface area is 168 Å². The molecule has 0 aliphatic rings. The van der Waals surface area contributed by atoms with Crippen LogP contribution in [0.1, 0.15) is 22.8 Å². The number of ether oxygens (including phenoxy) is 1. The van der Waals surface area contributed by atoms with E-state index < -0.39 is 0 Å². The predicted octanol–water partition coefficient (Wildman–Crippen LogP) is 2.36. The van der Waals surface area contributed by atoms with Crippen molar-refractivity contribution in [2.75, 3.05) is 38.7 Å². The predicted molar refractivity (Wildman–Crippen MR) is 111 cm³/mol. The van der Waals surface area contributed by atoms with Crippen LogP contribution in [-0.4, -0.2) is 44.7 Å². The summed E-state index contributed by atoms with van der Waals surface area (Å²) in [6.45, 7) is 3.90. The summed E-state index contributed by atoms with van der Waals surface area (Å²) in [6.07, 6.45) is 0. The third-order valence-corrected chi connectivity index (χ3v) is 5.27. The van der Waals surface area contributed by atoms with Crippen molar-refractivity contribution in [1.82, 2.24) is 4.98 Å². The van der Waals surface area contributed by atoms with Gasteiger partial charge in [-0.3, -0.25) is 9.69 Å². The number of nitrogens with one attached hydrogen (secondary N) is 1. The second kappa shape index (κ2) is 8.83. The van der Waals surface area contributed by atoms with Crippen LogP contribution in [0.2, 0.25) is 0 Å². The normalized spacial score (nSPS) is 10.8. The summed E-state index contributed by atoms with van der Waals surface area (Å²) in [5, 5.41) is 9.64. The van der Waals surface area contributed by atoms with Crippen LogP contribution in [0.25, 0.3) is 10.2 Å². The summed E-state index contributed by atoms with van der Waals surface area (Å²) in [4.78, 5) is 20.8. The fourth-order valence-corrected chi connectivity index (χ4v) is 3.75. The SMILES string of the molecule is CCOc1ccc2nc(N(CC[NH+](C)C)C(=O)c3ccc(C#N)cc3)sc2c1. The number of carbonyl (C=O) groups excluding carboxylic acids is 1. The first-order chi connectivity index (χ1) is 13.5. The lowest BCUT2D eigenvalue weighted by atomic mass is 10.1. The van der Waals surface area contributed by atoms with E-state index in [1.165, 1.54) is 16.2 Å². The fourth-order valence-electron chi connectivity index (χ4n) is 2.73. The van der Waals surface area contributed by atoms with Crippen molar-refractivity contribution in [3.8, 4) is 11.8 Å². The second-order valence-corrected chi connectivity index (χ2v) is 7.67. The van der Waals surface area contributed by atoms with E-state index in [9.17, 15) is 4.79 Å². The molecule has 1 aromatic heterocycles. The van der Waals surface area contributed by atoms with Crippen molar-refractivity contribution in [1.29, 1.82) is 5.26 Å². The highest BCUT2D eigenvalue weighted by Gasteiger charge is 2.22. The topological polar surface area (TPSA) is 70.7 Å². The molecule has 3 rings (SSSR count). The van der Waals surface area contributed by atoms with Gasteiger partial charge in [-0.2, -0.15) is 5.26 Å². The van der Waals surface area contributed by atoms with E-state index in [-0.39, 0.29) is 5.91 Å². The van der Waals surface area contributed by atoms with E-state index in [0.29, 0.717) is 29.4 Å². The van der Waals surface area contributed by atoms with Gasteiger partial charge in [0.15, 0.2) is 5.13 Å². The summed E-state index contributed by atoms with van der Waals surface area (Å²) in [5.74, 6) is 0.683. The number of likely N-dealkylation sites (N-methyl/N-ethyl adjacent to an activating group) is 1. The van der Waals surface area contributed by atoms with Crippen LogP contribution >= 0.6 is 11.3 Å². The average Bonchev–Trinajstić information content (AvgIpc) is 3.11. The minimum atomic E-state index is -0.116. The molecule has 1 N–H and O–H groups in total. The van der Waals surface area contributed by atoms with Crippen LogP contribution < -0.4 is 14.5 Å². The maximum absolute atomic E-state index is 13.2. The Morgan fingerprint density at radius 2 is 2.00 bits per heavy atom. The standard InChI is InChI=1S/C21H22N4O2S/c1-4-27-17-9-10-18-19(13-17)28-21(23-18)25(12-11-24(2)3)20(26)16-7-5-15(14-22)6-8-16/h5-10,13H,4,11-12H2,1-3H3/p+1. The smallest absolute Gasteiger partial charge is 0.260 e. The van der Waals surface area contributed by atoms with Crippen molar-refractivity contribution < 1.29 is 14.4 Å². The Hall–Kier alpha value is -2.95. The highest BCUT2D eigenvalue weighted by Crippen LogP contribution is 2.32. The van der Waals surface area contributed by atoms with Crippen molar-refractivity contribution in [2.24, 2.45) is 0 Å². The third kappa shape index (κ3) is 4.47. The zero-order valence-corrected chi connectivity index (χ0v) is 17.0. The highest BCUT2D eigenvalue weighted by molar-refractivity contribution is 7.22. The van der Waals surface area contributed by atoms with Crippen molar-refractivity contribution in [3.63, 3.8) is 0 Å². The number of carbonyl (C=O) groups is 1. The van der Waals surface area contributed by atoms with E-state index in [4.69, 9.17) is 10.00 Å². The van der Waals surface area contributed by atoms with E-state index in [1.54, 1.807) is 29.2 Å². The molecule has 0 unspecified atom stereocenters. The van der Waals surface area contributed by atoms with Crippen LogP contribution in [-0.2, 0) is 0 Å². The molecule has 144 valence electrons. The number of rotatable bonds is 7. The number of hydrogen-bond acceptors (Lipinski definition) is 5. The van der Waals surface area contributed by atoms with Crippen LogP contribution in [0.4, 0.5) is 5.13 Å². The van der Waals surface area contributed by atoms with Gasteiger partial charge in [0.05, 0.1) is 55.6 Å². The summed E-state index contributed by atoms with van der Waals surface area (Å²) >= 11 is 1.48. The van der Waals surface area contributed by atoms with Gasteiger partial charge in [-0.05, 0) is 49.4 Å². The largest absolute Gasteiger partial charge is 0.494 e. The molecular weight excluding hydrogens is 372 g/mol. The maximum atomic E-state index is 13.2. The minimum absolute atomic E-state index is 0.116. The van der Waals surface area contributed by atoms with Gasteiger partial charge in [0.2, 0.25) is 0 Å². The number of fused-ring (bicyclic) bond motifs is 1. The van der Waals surface area contributed by atoms with E-state index >= 15 is 0 Å². The molecule has 0 aliphatic carbocycles. The molecule has 0 fully saturated rings. The van der Waals surface area contributed by atoms with Gasteiger partial charge in [0, 0.05) is 5.56 Å². The first-order valence-corrected chi connectivity index (χ1v) is 9.98. The first-order valence-electron chi connectivity index (χ1n) is 9.16. The van der Waals surface area contributed by atoms with Gasteiger partial charge in [-0.25, -0.2) is 4.98 Å². The highest BCUT2D eigenvalue weighted by atomic mass is 32.1. The lowest BCUT2D eigenvalue weighted by Gasteiger charge is -2.20. The molecule has 0 radical (unpaired) electrons. The van der Waals surface area contributed by atoms with Crippen molar-refractivity contribution >= 4 is 32.6 Å². The molecule has 28 heavy (non-hydrogen) atoms. The number of hydrogen-bond donors (Lipinski definition) is 1. The van der Waals surface area contributed by atoms with Gasteiger partial charge in [0.25, 0.3) is 5.91 Å². The molecule has 1 amide bonds. The number of thiazole rings is 1. The Bertz CT molecular complexity index is 1010. The molecule has 0 atom stereocenters. The number of nitrogens with zero attached hydrogens (tertiary/aromatic N) is 3. The Kier molecular flexibility index (Phi) is 6.24. The number of amides is 1. The minimum Gasteiger partial charge on any atom is -0.494 e. The number of anilines is 1. The molecule has 0 bridgehead atoms. The molecule has 0 aliphatic heterocycles. The van der Waals surface area contributed by atoms with Gasteiger partial charge < -0.3 is 9.64 Å². The Morgan fingerprint density at radius 3 is 2.64 bits per heavy atom. The average molecular weight is 396 g/mol. The zero-order valence-electron chi connectivity index (χ0n) is 16.2. The monoisotopic (exact) mass is 395 g/mol. The Balaban J connectivity index is 1.95. The lowest BCUT2D eigenvalue weighted by molar-refractivity contribution is -0.856. The number of quaternary nitrogens is 1. The number of aromatic nitrogens is 1. The van der Waals surface area contributed by atoms with Crippen molar-refractivity contribution in [3.05, 3.63) is 53.6 Å². The summed E-state index contributed by atoms with van der Waals surface area (Å²) in [6, 6.07) is 14.6. The molecule has 2 aromatic carbocycles. The third-order valence-electron chi connectivity index (χ3n) is 4.23. The number of nitriles is 1. The molecule has 6 nitrogen and oxygen atoms in total. The molecule has 0 spiro atoms. The van der Waals surface area contributed by atoms with Crippen molar-refractivity contribution in [2.45, 2.75) is 6.92 Å². The molecular formula is C21H23N4O2S+. The van der Waals surface area contributed by atoms with E-state index in [1.807, 2.05) is 25.1 Å². The first kappa shape index (κ1) is 19.8. The van der Waals surface area contributed by atoms with Gasteiger partial charge >= 0.3 is 0 Å². The van der Waals surface area contributed by atoms with Crippen LogP contribution in [0, 0.1) is 11.3 Å². The molecule has 3 aromatic rings. The molecule has 0 saturated carbocycles. The summed E-state index contributed by atoms with van der Waals surface area (Å²) in [7, 11) is 4.11. The second-order valence-electron chi connectivity index (χ2n) is 6.66. The summed E-state index contributed by atoms with van der Waals surface area (Å²) < 4.78 is 6.55.